The number of hydrogen-bond donors (Lipinski definition) is 2. The van der Waals surface area contributed by atoms with E-state index in [0.717, 1.165) is 5.56 Å². The molecule has 0 bridgehead atoms. The van der Waals surface area contributed by atoms with Gasteiger partial charge in [-0.25, -0.2) is 4.39 Å². The summed E-state index contributed by atoms with van der Waals surface area (Å²) in [4.78, 5) is 0. The third-order valence-corrected chi connectivity index (χ3v) is 1.99. The Hall–Kier alpha value is -1.13. The highest BCUT2D eigenvalue weighted by molar-refractivity contribution is 5.34. The molecule has 3 nitrogen and oxygen atoms in total. The van der Waals surface area contributed by atoms with Crippen molar-refractivity contribution in [1.82, 2.24) is 5.32 Å². The van der Waals surface area contributed by atoms with Crippen LogP contribution in [0.5, 0.6) is 5.75 Å². The predicted molar refractivity (Wildman–Crippen MR) is 61.0 cm³/mol. The quantitative estimate of drug-likeness (QED) is 0.804. The number of aliphatic hydroxyl groups is 1. The highest BCUT2D eigenvalue weighted by atomic mass is 19.1. The van der Waals surface area contributed by atoms with Gasteiger partial charge >= 0.3 is 0 Å². The summed E-state index contributed by atoms with van der Waals surface area (Å²) >= 11 is 0. The molecule has 2 N–H and O–H groups in total. The van der Waals surface area contributed by atoms with Crippen molar-refractivity contribution >= 4 is 0 Å². The lowest BCUT2D eigenvalue weighted by molar-refractivity contribution is 0.0268. The molecule has 0 radical (unpaired) electrons. The van der Waals surface area contributed by atoms with Crippen LogP contribution in [-0.2, 0) is 6.54 Å². The molecule has 1 rings (SSSR count). The first kappa shape index (κ1) is 12.9. The summed E-state index contributed by atoms with van der Waals surface area (Å²) in [5.41, 5.74) is -0.231. The van der Waals surface area contributed by atoms with Crippen LogP contribution in [0.1, 0.15) is 19.4 Å². The number of rotatable bonds is 5. The molecule has 0 atom stereocenters. The molecule has 0 heterocycles. The van der Waals surface area contributed by atoms with Gasteiger partial charge in [-0.3, -0.25) is 0 Å². The number of hydrogen-bond acceptors (Lipinski definition) is 3. The average molecular weight is 227 g/mol. The minimum atomic E-state index is -0.973. The monoisotopic (exact) mass is 227 g/mol. The smallest absolute Gasteiger partial charge is 0.165 e. The van der Waals surface area contributed by atoms with Gasteiger partial charge in [0.25, 0.3) is 0 Å². The van der Waals surface area contributed by atoms with E-state index in [-0.39, 0.29) is 12.4 Å². The third kappa shape index (κ3) is 3.79. The van der Waals surface area contributed by atoms with E-state index in [2.05, 4.69) is 5.32 Å². The summed E-state index contributed by atoms with van der Waals surface area (Å²) in [5.74, 6) is -0.198. The summed E-state index contributed by atoms with van der Waals surface area (Å²) in [5, 5.41) is 12.5. The average Bonchev–Trinajstić information content (AvgIpc) is 2.15. The van der Waals surface area contributed by atoms with Crippen LogP contribution in [-0.4, -0.2) is 24.4 Å². The number of nitrogens with one attached hydrogen (secondary N) is 1. The Balaban J connectivity index is 2.84. The highest BCUT2D eigenvalue weighted by Crippen LogP contribution is 2.23. The molecule has 0 amide bonds. The van der Waals surface area contributed by atoms with E-state index in [1.807, 2.05) is 0 Å². The molecule has 1 aromatic carbocycles. The Morgan fingerprint density at radius 1 is 1.44 bits per heavy atom. The Bertz CT molecular complexity index is 347. The minimum Gasteiger partial charge on any atom is -0.487 e. The van der Waals surface area contributed by atoms with Crippen LogP contribution in [0.15, 0.2) is 18.2 Å². The molecular formula is C12H18FNO2. The van der Waals surface area contributed by atoms with Gasteiger partial charge in [0.1, 0.15) is 6.61 Å². The molecule has 0 saturated heterocycles. The largest absolute Gasteiger partial charge is 0.487 e. The van der Waals surface area contributed by atoms with Crippen molar-refractivity contribution in [2.75, 3.05) is 13.7 Å². The maximum absolute atomic E-state index is 13.5. The molecule has 0 unspecified atom stereocenters. The molecule has 0 aliphatic heterocycles. The van der Waals surface area contributed by atoms with Gasteiger partial charge in [0.05, 0.1) is 5.60 Å². The van der Waals surface area contributed by atoms with Crippen LogP contribution in [0.25, 0.3) is 0 Å². The van der Waals surface area contributed by atoms with Crippen LogP contribution in [0, 0.1) is 5.82 Å². The molecule has 0 saturated carbocycles. The normalized spacial score (nSPS) is 11.6. The van der Waals surface area contributed by atoms with E-state index in [4.69, 9.17) is 4.74 Å². The predicted octanol–water partition coefficient (Wildman–Crippen LogP) is 1.69. The number of ether oxygens (including phenoxy) is 1. The highest BCUT2D eigenvalue weighted by Gasteiger charge is 2.16. The Labute approximate surface area is 95.2 Å². The van der Waals surface area contributed by atoms with E-state index in [1.165, 1.54) is 6.07 Å². The Morgan fingerprint density at radius 3 is 2.69 bits per heavy atom. The van der Waals surface area contributed by atoms with E-state index in [9.17, 15) is 9.50 Å². The minimum absolute atomic E-state index is 0.0602. The molecule has 0 fully saturated rings. The summed E-state index contributed by atoms with van der Waals surface area (Å²) in [7, 11) is 1.78. The molecule has 1 aromatic rings. The van der Waals surface area contributed by atoms with Gasteiger partial charge in [-0.15, -0.1) is 0 Å². The van der Waals surface area contributed by atoms with Crippen molar-refractivity contribution in [2.24, 2.45) is 0 Å². The zero-order chi connectivity index (χ0) is 12.2. The fraction of sp³-hybridized carbons (Fsp3) is 0.500. The van der Waals surface area contributed by atoms with Gasteiger partial charge in [0, 0.05) is 12.1 Å². The molecule has 0 aromatic heterocycles. The first-order chi connectivity index (χ1) is 7.44. The summed E-state index contributed by atoms with van der Waals surface area (Å²) in [6.07, 6.45) is 0. The molecule has 0 spiro atoms. The van der Waals surface area contributed by atoms with Crippen LogP contribution in [0.2, 0.25) is 0 Å². The maximum Gasteiger partial charge on any atom is 0.165 e. The van der Waals surface area contributed by atoms with E-state index in [0.29, 0.717) is 6.54 Å². The van der Waals surface area contributed by atoms with Crippen LogP contribution < -0.4 is 10.1 Å². The third-order valence-electron chi connectivity index (χ3n) is 1.99. The summed E-state index contributed by atoms with van der Waals surface area (Å²) in [6.45, 7) is 3.82. The lowest BCUT2D eigenvalue weighted by Crippen LogP contribution is -2.28. The number of para-hydroxylation sites is 1. The molecule has 16 heavy (non-hydrogen) atoms. The second-order valence-electron chi connectivity index (χ2n) is 4.36. The Morgan fingerprint density at radius 2 is 2.12 bits per heavy atom. The second kappa shape index (κ2) is 5.27. The Kier molecular flexibility index (Phi) is 4.26. The fourth-order valence-electron chi connectivity index (χ4n) is 1.29. The van der Waals surface area contributed by atoms with Crippen LogP contribution in [0.3, 0.4) is 0 Å². The molecule has 4 heteroatoms. The van der Waals surface area contributed by atoms with Crippen molar-refractivity contribution < 1.29 is 14.2 Å². The van der Waals surface area contributed by atoms with Gasteiger partial charge in [0.2, 0.25) is 0 Å². The SMILES string of the molecule is CNCc1cccc(F)c1OCC(C)(C)O. The first-order valence-electron chi connectivity index (χ1n) is 5.21. The number of benzene rings is 1. The summed E-state index contributed by atoms with van der Waals surface area (Å²) < 4.78 is 18.8. The lowest BCUT2D eigenvalue weighted by Gasteiger charge is -2.19. The second-order valence-corrected chi connectivity index (χ2v) is 4.36. The van der Waals surface area contributed by atoms with Crippen molar-refractivity contribution in [3.8, 4) is 5.75 Å². The maximum atomic E-state index is 13.5. The lowest BCUT2D eigenvalue weighted by atomic mass is 10.1. The van der Waals surface area contributed by atoms with Crippen molar-refractivity contribution in [3.05, 3.63) is 29.6 Å². The zero-order valence-electron chi connectivity index (χ0n) is 9.88. The fourth-order valence-corrected chi connectivity index (χ4v) is 1.29. The zero-order valence-corrected chi connectivity index (χ0v) is 9.88. The number of halogens is 1. The van der Waals surface area contributed by atoms with Crippen molar-refractivity contribution in [2.45, 2.75) is 26.0 Å². The van der Waals surface area contributed by atoms with Gasteiger partial charge < -0.3 is 15.2 Å². The van der Waals surface area contributed by atoms with Crippen LogP contribution >= 0.6 is 0 Å². The standard InChI is InChI=1S/C12H18FNO2/c1-12(2,15)8-16-11-9(7-14-3)5-4-6-10(11)13/h4-6,14-15H,7-8H2,1-3H3. The topological polar surface area (TPSA) is 41.5 Å². The molecule has 90 valence electrons. The van der Waals surface area contributed by atoms with E-state index < -0.39 is 11.4 Å². The summed E-state index contributed by atoms with van der Waals surface area (Å²) in [6, 6.07) is 4.77. The van der Waals surface area contributed by atoms with Crippen molar-refractivity contribution in [3.63, 3.8) is 0 Å². The van der Waals surface area contributed by atoms with Gasteiger partial charge in [0.15, 0.2) is 11.6 Å². The molecule has 0 aliphatic rings. The molecular weight excluding hydrogens is 209 g/mol. The van der Waals surface area contributed by atoms with Gasteiger partial charge in [-0.05, 0) is 27.0 Å². The van der Waals surface area contributed by atoms with Gasteiger partial charge in [-0.2, -0.15) is 0 Å². The molecule has 0 aliphatic carbocycles. The first-order valence-corrected chi connectivity index (χ1v) is 5.21. The van der Waals surface area contributed by atoms with Crippen LogP contribution in [0.4, 0.5) is 4.39 Å². The van der Waals surface area contributed by atoms with E-state index in [1.54, 1.807) is 33.0 Å². The van der Waals surface area contributed by atoms with E-state index >= 15 is 0 Å². The van der Waals surface area contributed by atoms with Crippen molar-refractivity contribution in [1.29, 1.82) is 0 Å². The van der Waals surface area contributed by atoms with Gasteiger partial charge in [-0.1, -0.05) is 12.1 Å².